The highest BCUT2D eigenvalue weighted by atomic mass is 35.5. The van der Waals surface area contributed by atoms with E-state index in [0.717, 1.165) is 0 Å². The predicted octanol–water partition coefficient (Wildman–Crippen LogP) is 1.99. The van der Waals surface area contributed by atoms with Crippen molar-refractivity contribution in [2.75, 3.05) is 7.11 Å². The average molecular weight is 239 g/mol. The summed E-state index contributed by atoms with van der Waals surface area (Å²) < 4.78 is 5.06. The number of methoxy groups -OCH3 is 1. The molecule has 0 bridgehead atoms. The van der Waals surface area contributed by atoms with Crippen LogP contribution in [0, 0.1) is 0 Å². The summed E-state index contributed by atoms with van der Waals surface area (Å²) in [6, 6.07) is 1.57. The summed E-state index contributed by atoms with van der Waals surface area (Å²) in [7, 11) is 1.39. The van der Waals surface area contributed by atoms with E-state index in [2.05, 4.69) is 9.97 Å². The monoisotopic (exact) mass is 238 g/mol. The molecule has 0 saturated heterocycles. The van der Waals surface area contributed by atoms with Crippen molar-refractivity contribution < 1.29 is 14.6 Å². The fraction of sp³-hybridized carbons (Fsp3) is 0.100. The highest BCUT2D eigenvalue weighted by molar-refractivity contribution is 6.31. The summed E-state index contributed by atoms with van der Waals surface area (Å²) in [5.74, 6) is -0.890. The van der Waals surface area contributed by atoms with E-state index in [1.54, 1.807) is 6.07 Å². The van der Waals surface area contributed by atoms with Gasteiger partial charge < -0.3 is 9.84 Å². The van der Waals surface area contributed by atoms with E-state index in [1.165, 1.54) is 19.5 Å². The van der Waals surface area contributed by atoms with E-state index >= 15 is 0 Å². The fourth-order valence-corrected chi connectivity index (χ4v) is 1.56. The number of aromatic carboxylic acids is 1. The number of halogens is 1. The SMILES string of the molecule is COc1c(C(=O)O)cnc2ncc(Cl)cc12. The topological polar surface area (TPSA) is 72.3 Å². The van der Waals surface area contributed by atoms with Crippen LogP contribution in [0.2, 0.25) is 5.02 Å². The van der Waals surface area contributed by atoms with Crippen molar-refractivity contribution in [2.45, 2.75) is 0 Å². The molecule has 2 aromatic heterocycles. The first kappa shape index (κ1) is 10.6. The molecule has 0 amide bonds. The number of hydrogen-bond acceptors (Lipinski definition) is 4. The van der Waals surface area contributed by atoms with Crippen molar-refractivity contribution in [2.24, 2.45) is 0 Å². The van der Waals surface area contributed by atoms with Gasteiger partial charge in [0, 0.05) is 12.4 Å². The number of carboxylic acid groups (broad SMARTS) is 1. The normalized spacial score (nSPS) is 10.4. The van der Waals surface area contributed by atoms with Gasteiger partial charge in [-0.3, -0.25) is 0 Å². The van der Waals surface area contributed by atoms with Crippen molar-refractivity contribution in [3.63, 3.8) is 0 Å². The molecule has 2 heterocycles. The number of nitrogens with zero attached hydrogens (tertiary/aromatic N) is 2. The molecule has 0 aliphatic heterocycles. The molecule has 0 aliphatic rings. The first-order chi connectivity index (χ1) is 7.63. The maximum absolute atomic E-state index is 10.9. The number of pyridine rings is 2. The van der Waals surface area contributed by atoms with E-state index < -0.39 is 5.97 Å². The number of aromatic nitrogens is 2. The molecule has 0 radical (unpaired) electrons. The van der Waals surface area contributed by atoms with Crippen LogP contribution in [0.15, 0.2) is 18.5 Å². The third-order valence-corrected chi connectivity index (χ3v) is 2.28. The summed E-state index contributed by atoms with van der Waals surface area (Å²) in [6.45, 7) is 0. The van der Waals surface area contributed by atoms with Crippen molar-refractivity contribution in [3.8, 4) is 5.75 Å². The van der Waals surface area contributed by atoms with Gasteiger partial charge in [-0.1, -0.05) is 11.6 Å². The molecule has 5 nitrogen and oxygen atoms in total. The Morgan fingerprint density at radius 2 is 2.12 bits per heavy atom. The molecule has 0 atom stereocenters. The van der Waals surface area contributed by atoms with Crippen LogP contribution in [-0.4, -0.2) is 28.2 Å². The van der Waals surface area contributed by atoms with Gasteiger partial charge in [0.25, 0.3) is 0 Å². The molecule has 82 valence electrons. The van der Waals surface area contributed by atoms with Crippen LogP contribution < -0.4 is 4.74 Å². The van der Waals surface area contributed by atoms with Crippen LogP contribution in [0.4, 0.5) is 0 Å². The van der Waals surface area contributed by atoms with Gasteiger partial charge >= 0.3 is 5.97 Å². The number of carbonyl (C=O) groups is 1. The van der Waals surface area contributed by atoms with Crippen LogP contribution in [0.3, 0.4) is 0 Å². The molecule has 2 aromatic rings. The molecule has 6 heteroatoms. The molecule has 1 N–H and O–H groups in total. The lowest BCUT2D eigenvalue weighted by Crippen LogP contribution is -2.02. The highest BCUT2D eigenvalue weighted by Gasteiger charge is 2.15. The van der Waals surface area contributed by atoms with Crippen molar-refractivity contribution in [1.29, 1.82) is 0 Å². The van der Waals surface area contributed by atoms with E-state index in [9.17, 15) is 4.79 Å². The minimum absolute atomic E-state index is 0.0148. The zero-order chi connectivity index (χ0) is 11.7. The molecule has 0 spiro atoms. The largest absolute Gasteiger partial charge is 0.495 e. The molecule has 0 saturated carbocycles. The van der Waals surface area contributed by atoms with E-state index in [-0.39, 0.29) is 11.3 Å². The van der Waals surface area contributed by atoms with Gasteiger partial charge in [-0.25, -0.2) is 14.8 Å². The maximum Gasteiger partial charge on any atom is 0.341 e. The minimum atomic E-state index is -1.11. The smallest absolute Gasteiger partial charge is 0.341 e. The molecule has 0 aliphatic carbocycles. The Balaban J connectivity index is 2.83. The Labute approximate surface area is 95.7 Å². The third-order valence-electron chi connectivity index (χ3n) is 2.07. The van der Waals surface area contributed by atoms with Gasteiger partial charge in [-0.05, 0) is 6.07 Å². The zero-order valence-electron chi connectivity index (χ0n) is 8.27. The van der Waals surface area contributed by atoms with Crippen molar-refractivity contribution >= 4 is 28.6 Å². The second kappa shape index (κ2) is 3.94. The number of hydrogen-bond donors (Lipinski definition) is 1. The van der Waals surface area contributed by atoms with Crippen LogP contribution >= 0.6 is 11.6 Å². The Morgan fingerprint density at radius 1 is 1.44 bits per heavy atom. The van der Waals surface area contributed by atoms with Gasteiger partial charge in [0.2, 0.25) is 0 Å². The Kier molecular flexibility index (Phi) is 2.62. The van der Waals surface area contributed by atoms with Gasteiger partial charge in [0.15, 0.2) is 5.65 Å². The molecule has 0 unspecified atom stereocenters. The number of carboxylic acids is 1. The quantitative estimate of drug-likeness (QED) is 0.866. The van der Waals surface area contributed by atoms with Crippen molar-refractivity contribution in [3.05, 3.63) is 29.0 Å². The molecular formula is C10H7ClN2O3. The first-order valence-electron chi connectivity index (χ1n) is 4.35. The van der Waals surface area contributed by atoms with Gasteiger partial charge in [-0.15, -0.1) is 0 Å². The zero-order valence-corrected chi connectivity index (χ0v) is 9.02. The Bertz CT molecular complexity index is 571. The summed E-state index contributed by atoms with van der Waals surface area (Å²) in [5, 5.41) is 9.83. The maximum atomic E-state index is 10.9. The lowest BCUT2D eigenvalue weighted by atomic mass is 10.2. The minimum Gasteiger partial charge on any atom is -0.495 e. The lowest BCUT2D eigenvalue weighted by Gasteiger charge is -2.07. The number of fused-ring (bicyclic) bond motifs is 1. The van der Waals surface area contributed by atoms with Crippen molar-refractivity contribution in [1.82, 2.24) is 9.97 Å². The Hall–Kier alpha value is -1.88. The van der Waals surface area contributed by atoms with E-state index in [4.69, 9.17) is 21.4 Å². The molecule has 0 fully saturated rings. The van der Waals surface area contributed by atoms with Crippen LogP contribution in [-0.2, 0) is 0 Å². The Morgan fingerprint density at radius 3 is 2.75 bits per heavy atom. The summed E-state index contributed by atoms with van der Waals surface area (Å²) in [6.07, 6.45) is 2.65. The first-order valence-corrected chi connectivity index (χ1v) is 4.73. The van der Waals surface area contributed by atoms with Gasteiger partial charge in [-0.2, -0.15) is 0 Å². The van der Waals surface area contributed by atoms with E-state index in [1.807, 2.05) is 0 Å². The molecule has 2 rings (SSSR count). The second-order valence-electron chi connectivity index (χ2n) is 3.03. The highest BCUT2D eigenvalue weighted by Crippen LogP contribution is 2.28. The summed E-state index contributed by atoms with van der Waals surface area (Å²) in [5.41, 5.74) is 0.380. The molecular weight excluding hydrogens is 232 g/mol. The van der Waals surface area contributed by atoms with Crippen LogP contribution in [0.1, 0.15) is 10.4 Å². The predicted molar refractivity (Wildman–Crippen MR) is 58.1 cm³/mol. The van der Waals surface area contributed by atoms with Gasteiger partial charge in [0.1, 0.15) is 11.3 Å². The average Bonchev–Trinajstić information content (AvgIpc) is 2.27. The number of rotatable bonds is 2. The fourth-order valence-electron chi connectivity index (χ4n) is 1.40. The van der Waals surface area contributed by atoms with Crippen LogP contribution in [0.25, 0.3) is 11.0 Å². The molecule has 0 aromatic carbocycles. The van der Waals surface area contributed by atoms with Crippen LogP contribution in [0.5, 0.6) is 5.75 Å². The lowest BCUT2D eigenvalue weighted by molar-refractivity contribution is 0.0693. The second-order valence-corrected chi connectivity index (χ2v) is 3.47. The third kappa shape index (κ3) is 1.65. The number of ether oxygens (including phenoxy) is 1. The van der Waals surface area contributed by atoms with E-state index in [0.29, 0.717) is 16.1 Å². The molecule has 16 heavy (non-hydrogen) atoms. The summed E-state index contributed by atoms with van der Waals surface area (Å²) >= 11 is 5.79. The standard InChI is InChI=1S/C10H7ClN2O3/c1-16-8-6-2-5(11)3-12-9(6)13-4-7(8)10(14)15/h2-4H,1H3,(H,14,15). The van der Waals surface area contributed by atoms with Gasteiger partial charge in [0.05, 0.1) is 17.5 Å². The summed E-state index contributed by atoms with van der Waals surface area (Å²) in [4.78, 5) is 18.8.